The average Bonchev–Trinajstić information content (AvgIpc) is 2.46. The Morgan fingerprint density at radius 1 is 1.19 bits per heavy atom. The molecule has 0 amide bonds. The predicted molar refractivity (Wildman–Crippen MR) is 74.2 cm³/mol. The maximum atomic E-state index is 13.2. The van der Waals surface area contributed by atoms with Crippen LogP contribution in [0.2, 0.25) is 0 Å². The molecule has 0 spiro atoms. The van der Waals surface area contributed by atoms with Gasteiger partial charge < -0.3 is 5.11 Å². The zero-order valence-electron chi connectivity index (χ0n) is 11.8. The molecule has 1 aromatic rings. The first-order valence-corrected chi connectivity index (χ1v) is 8.34. The third-order valence-corrected chi connectivity index (χ3v) is 6.22. The number of halogens is 2. The van der Waals surface area contributed by atoms with Gasteiger partial charge in [0.2, 0.25) is 10.0 Å². The first-order valence-electron chi connectivity index (χ1n) is 6.90. The fourth-order valence-electron chi connectivity index (χ4n) is 2.65. The van der Waals surface area contributed by atoms with Crippen molar-refractivity contribution in [3.8, 4) is 0 Å². The molecule has 0 atom stereocenters. The molecule has 1 saturated heterocycles. The van der Waals surface area contributed by atoms with Crippen LogP contribution in [0.3, 0.4) is 0 Å². The Balaban J connectivity index is 2.22. The summed E-state index contributed by atoms with van der Waals surface area (Å²) in [4.78, 5) is -0.368. The molecule has 1 N–H and O–H groups in total. The van der Waals surface area contributed by atoms with Crippen molar-refractivity contribution in [3.05, 3.63) is 29.8 Å². The molecule has 118 valence electrons. The number of aliphatic hydroxyl groups excluding tert-OH is 1. The van der Waals surface area contributed by atoms with Crippen molar-refractivity contribution >= 4 is 10.0 Å². The van der Waals surface area contributed by atoms with E-state index < -0.39 is 21.7 Å². The molecule has 1 aromatic carbocycles. The topological polar surface area (TPSA) is 57.6 Å². The van der Waals surface area contributed by atoms with E-state index in [1.54, 1.807) is 0 Å². The highest BCUT2D eigenvalue weighted by molar-refractivity contribution is 7.89. The summed E-state index contributed by atoms with van der Waals surface area (Å²) >= 11 is 0. The van der Waals surface area contributed by atoms with Crippen LogP contribution in [0, 0.1) is 17.0 Å². The molecule has 1 aliphatic rings. The second-order valence-corrected chi connectivity index (χ2v) is 7.46. The van der Waals surface area contributed by atoms with Gasteiger partial charge in [-0.05, 0) is 36.8 Å². The second kappa shape index (κ2) is 5.98. The van der Waals surface area contributed by atoms with Crippen molar-refractivity contribution in [1.82, 2.24) is 4.31 Å². The molecule has 0 unspecified atom stereocenters. The Morgan fingerprint density at radius 2 is 1.71 bits per heavy atom. The van der Waals surface area contributed by atoms with E-state index in [2.05, 4.69) is 0 Å². The van der Waals surface area contributed by atoms with Gasteiger partial charge >= 0.3 is 0 Å². The molecule has 0 aliphatic carbocycles. The maximum Gasteiger partial charge on any atom is 0.243 e. The molecule has 1 fully saturated rings. The van der Waals surface area contributed by atoms with Crippen molar-refractivity contribution in [2.24, 2.45) is 5.41 Å². The summed E-state index contributed by atoms with van der Waals surface area (Å²) in [6.07, 6.45) is 1.85. The fourth-order valence-corrected chi connectivity index (χ4v) is 4.14. The van der Waals surface area contributed by atoms with E-state index in [1.807, 2.05) is 6.92 Å². The maximum absolute atomic E-state index is 13.2. The highest BCUT2D eigenvalue weighted by Crippen LogP contribution is 2.36. The standard InChI is InChI=1S/C14H19F2NO3S/c1-2-14(10-18)3-5-17(6-4-14)21(19,20)13-8-11(15)7-12(16)9-13/h7-9,18H,2-6,10H2,1H3. The summed E-state index contributed by atoms with van der Waals surface area (Å²) in [6, 6.07) is 2.29. The monoisotopic (exact) mass is 319 g/mol. The molecular weight excluding hydrogens is 300 g/mol. The molecular formula is C14H19F2NO3S. The largest absolute Gasteiger partial charge is 0.396 e. The van der Waals surface area contributed by atoms with Crippen LogP contribution in [0.25, 0.3) is 0 Å². The molecule has 1 heterocycles. The number of hydrogen-bond donors (Lipinski definition) is 1. The minimum atomic E-state index is -3.90. The van der Waals surface area contributed by atoms with E-state index in [9.17, 15) is 22.3 Å². The molecule has 0 aromatic heterocycles. The number of nitrogens with zero attached hydrogens (tertiary/aromatic N) is 1. The summed E-state index contributed by atoms with van der Waals surface area (Å²) < 4.78 is 52.4. The van der Waals surface area contributed by atoms with Crippen molar-refractivity contribution in [1.29, 1.82) is 0 Å². The van der Waals surface area contributed by atoms with Crippen molar-refractivity contribution in [3.63, 3.8) is 0 Å². The number of rotatable bonds is 4. The van der Waals surface area contributed by atoms with Gasteiger partial charge in [-0.25, -0.2) is 17.2 Å². The molecule has 0 saturated carbocycles. The summed E-state index contributed by atoms with van der Waals surface area (Å²) in [5, 5.41) is 9.45. The van der Waals surface area contributed by atoms with E-state index in [1.165, 1.54) is 4.31 Å². The zero-order chi connectivity index (χ0) is 15.7. The molecule has 7 heteroatoms. The zero-order valence-corrected chi connectivity index (χ0v) is 12.7. The fraction of sp³-hybridized carbons (Fsp3) is 0.571. The van der Waals surface area contributed by atoms with Crippen LogP contribution in [-0.2, 0) is 10.0 Å². The van der Waals surface area contributed by atoms with Gasteiger partial charge in [0.15, 0.2) is 0 Å². The lowest BCUT2D eigenvalue weighted by Crippen LogP contribution is -2.44. The van der Waals surface area contributed by atoms with Crippen molar-refractivity contribution in [2.45, 2.75) is 31.1 Å². The highest BCUT2D eigenvalue weighted by Gasteiger charge is 2.37. The van der Waals surface area contributed by atoms with Crippen LogP contribution < -0.4 is 0 Å². The molecule has 4 nitrogen and oxygen atoms in total. The van der Waals surface area contributed by atoms with Gasteiger partial charge in [-0.1, -0.05) is 6.92 Å². The van der Waals surface area contributed by atoms with Crippen LogP contribution in [0.1, 0.15) is 26.2 Å². The first kappa shape index (κ1) is 16.3. The number of aliphatic hydroxyl groups is 1. The summed E-state index contributed by atoms with van der Waals surface area (Å²) in [6.45, 7) is 2.47. The Hall–Kier alpha value is -1.05. The third-order valence-electron chi connectivity index (χ3n) is 4.34. The smallest absolute Gasteiger partial charge is 0.243 e. The van der Waals surface area contributed by atoms with Gasteiger partial charge in [-0.3, -0.25) is 0 Å². The number of piperidine rings is 1. The third kappa shape index (κ3) is 3.25. The lowest BCUT2D eigenvalue weighted by Gasteiger charge is -2.39. The molecule has 0 radical (unpaired) electrons. The van der Waals surface area contributed by atoms with Crippen molar-refractivity contribution < 1.29 is 22.3 Å². The van der Waals surface area contributed by atoms with Gasteiger partial charge in [0, 0.05) is 25.8 Å². The van der Waals surface area contributed by atoms with E-state index in [4.69, 9.17) is 0 Å². The molecule has 1 aliphatic heterocycles. The van der Waals surface area contributed by atoms with E-state index in [0.717, 1.165) is 18.6 Å². The second-order valence-electron chi connectivity index (χ2n) is 5.52. The van der Waals surface area contributed by atoms with Gasteiger partial charge in [0.05, 0.1) is 4.90 Å². The molecule has 21 heavy (non-hydrogen) atoms. The minimum absolute atomic E-state index is 0.0198. The number of sulfonamides is 1. The van der Waals surface area contributed by atoms with Crippen LogP contribution in [0.4, 0.5) is 8.78 Å². The summed E-state index contributed by atoms with van der Waals surface area (Å²) in [7, 11) is -3.90. The number of hydrogen-bond acceptors (Lipinski definition) is 3. The van der Waals surface area contributed by atoms with Crippen LogP contribution >= 0.6 is 0 Å². The normalized spacial score (nSPS) is 19.6. The Kier molecular flexibility index (Phi) is 4.65. The van der Waals surface area contributed by atoms with Gasteiger partial charge in [-0.15, -0.1) is 0 Å². The van der Waals surface area contributed by atoms with Gasteiger partial charge in [-0.2, -0.15) is 4.31 Å². The lowest BCUT2D eigenvalue weighted by atomic mass is 9.77. The quantitative estimate of drug-likeness (QED) is 0.925. The van der Waals surface area contributed by atoms with Gasteiger partial charge in [0.1, 0.15) is 11.6 Å². The Labute approximate surface area is 123 Å². The van der Waals surface area contributed by atoms with E-state index in [0.29, 0.717) is 18.9 Å². The first-order chi connectivity index (χ1) is 9.83. The molecule has 0 bridgehead atoms. The molecule has 2 rings (SSSR count). The summed E-state index contributed by atoms with van der Waals surface area (Å²) in [5.41, 5.74) is -0.251. The van der Waals surface area contributed by atoms with Crippen LogP contribution in [-0.4, -0.2) is 37.5 Å². The predicted octanol–water partition coefficient (Wildman–Crippen LogP) is 2.14. The van der Waals surface area contributed by atoms with Crippen molar-refractivity contribution in [2.75, 3.05) is 19.7 Å². The summed E-state index contributed by atoms with van der Waals surface area (Å²) in [5.74, 6) is -1.83. The van der Waals surface area contributed by atoms with E-state index >= 15 is 0 Å². The average molecular weight is 319 g/mol. The lowest BCUT2D eigenvalue weighted by molar-refractivity contribution is 0.0647. The Bertz CT molecular complexity index is 584. The van der Waals surface area contributed by atoms with E-state index in [-0.39, 0.29) is 30.0 Å². The van der Waals surface area contributed by atoms with Gasteiger partial charge in [0.25, 0.3) is 0 Å². The minimum Gasteiger partial charge on any atom is -0.396 e. The highest BCUT2D eigenvalue weighted by atomic mass is 32.2. The van der Waals surface area contributed by atoms with Crippen LogP contribution in [0.15, 0.2) is 23.1 Å². The Morgan fingerprint density at radius 3 is 2.14 bits per heavy atom. The van der Waals surface area contributed by atoms with Crippen LogP contribution in [0.5, 0.6) is 0 Å². The number of benzene rings is 1. The SMILES string of the molecule is CCC1(CO)CCN(S(=O)(=O)c2cc(F)cc(F)c2)CC1.